The summed E-state index contributed by atoms with van der Waals surface area (Å²) in [6, 6.07) is 5.61. The van der Waals surface area contributed by atoms with Gasteiger partial charge in [-0.05, 0) is 12.1 Å². The third kappa shape index (κ3) is 3.35. The number of likely N-dealkylation sites (tertiary alicyclic amines) is 1. The number of rotatable bonds is 2. The van der Waals surface area contributed by atoms with Gasteiger partial charge in [0.25, 0.3) is 11.8 Å². The molecule has 0 aliphatic carbocycles. The lowest BCUT2D eigenvalue weighted by atomic mass is 10.1. The third-order valence-electron chi connectivity index (χ3n) is 4.12. The molecule has 22 heavy (non-hydrogen) atoms. The van der Waals surface area contributed by atoms with Gasteiger partial charge in [0.2, 0.25) is 0 Å². The number of amides is 1. The fraction of sp³-hybridized carbons (Fsp3) is 0.600. The Balaban J connectivity index is 1.61. The number of carbonyl (C=O) groups excluding carboxylic acids is 1. The van der Waals surface area contributed by atoms with E-state index in [1.54, 1.807) is 6.20 Å². The van der Waals surface area contributed by atoms with Crippen LogP contribution in [0.2, 0.25) is 0 Å². The number of anilines is 1. The van der Waals surface area contributed by atoms with E-state index in [1.807, 2.05) is 23.1 Å². The molecule has 0 radical (unpaired) electrons. The monoisotopic (exact) mass is 311 g/mol. The molecule has 3 rings (SSSR count). The molecule has 3 heterocycles. The van der Waals surface area contributed by atoms with Crippen molar-refractivity contribution in [2.45, 2.75) is 24.9 Å². The topological polar surface area (TPSA) is 45.7 Å². The molecule has 1 atom stereocenters. The number of morpholine rings is 1. The molecule has 2 saturated heterocycles. The van der Waals surface area contributed by atoms with E-state index in [2.05, 4.69) is 4.98 Å². The van der Waals surface area contributed by atoms with Crippen LogP contribution in [0.1, 0.15) is 12.8 Å². The van der Waals surface area contributed by atoms with Gasteiger partial charge in [0.05, 0.1) is 13.2 Å². The second-order valence-electron chi connectivity index (χ2n) is 5.67. The van der Waals surface area contributed by atoms with Crippen molar-refractivity contribution in [3.8, 4) is 0 Å². The Bertz CT molecular complexity index is 517. The molecule has 1 unspecified atom stereocenters. The Hall–Kier alpha value is -1.76. The van der Waals surface area contributed by atoms with Gasteiger partial charge in [-0.3, -0.25) is 4.79 Å². The van der Waals surface area contributed by atoms with Gasteiger partial charge in [-0.15, -0.1) is 0 Å². The van der Waals surface area contributed by atoms with Crippen LogP contribution in [0.4, 0.5) is 14.6 Å². The van der Waals surface area contributed by atoms with E-state index in [1.165, 1.54) is 4.90 Å². The van der Waals surface area contributed by atoms with Gasteiger partial charge in [0, 0.05) is 38.7 Å². The average molecular weight is 311 g/mol. The molecule has 0 aromatic carbocycles. The number of aromatic nitrogens is 1. The van der Waals surface area contributed by atoms with Crippen LogP contribution in [-0.2, 0) is 9.53 Å². The Morgan fingerprint density at radius 3 is 2.73 bits per heavy atom. The van der Waals surface area contributed by atoms with E-state index in [0.717, 1.165) is 5.82 Å². The highest BCUT2D eigenvalue weighted by Crippen LogP contribution is 2.28. The molecule has 0 bridgehead atoms. The van der Waals surface area contributed by atoms with Gasteiger partial charge in [0.15, 0.2) is 6.10 Å². The Morgan fingerprint density at radius 1 is 1.27 bits per heavy atom. The van der Waals surface area contributed by atoms with Crippen molar-refractivity contribution >= 4 is 11.7 Å². The second-order valence-corrected chi connectivity index (χ2v) is 5.67. The molecule has 0 saturated carbocycles. The highest BCUT2D eigenvalue weighted by molar-refractivity contribution is 5.82. The first-order valence-corrected chi connectivity index (χ1v) is 7.49. The van der Waals surface area contributed by atoms with E-state index in [0.29, 0.717) is 19.7 Å². The molecule has 2 aliphatic rings. The standard InChI is InChI=1S/C15H19F2N3O2/c16-15(17)4-7-19(8-5-15)14(21)12-11-20(9-10-22-12)13-3-1-2-6-18-13/h1-3,6,12H,4-5,7-11H2. The zero-order chi connectivity index (χ0) is 15.6. The van der Waals surface area contributed by atoms with Crippen molar-refractivity contribution in [3.63, 3.8) is 0 Å². The predicted octanol–water partition coefficient (Wildman–Crippen LogP) is 1.54. The lowest BCUT2D eigenvalue weighted by Gasteiger charge is -2.38. The minimum atomic E-state index is -2.65. The lowest BCUT2D eigenvalue weighted by Crippen LogP contribution is -2.53. The fourth-order valence-electron chi connectivity index (χ4n) is 2.81. The van der Waals surface area contributed by atoms with E-state index < -0.39 is 12.0 Å². The largest absolute Gasteiger partial charge is 0.365 e. The van der Waals surface area contributed by atoms with Crippen LogP contribution in [-0.4, -0.2) is 60.6 Å². The molecule has 2 fully saturated rings. The van der Waals surface area contributed by atoms with Crippen molar-refractivity contribution in [2.75, 3.05) is 37.7 Å². The average Bonchev–Trinajstić information content (AvgIpc) is 2.55. The number of nitrogens with zero attached hydrogens (tertiary/aromatic N) is 3. The number of halogens is 2. The lowest BCUT2D eigenvalue weighted by molar-refractivity contribution is -0.150. The number of pyridine rings is 1. The van der Waals surface area contributed by atoms with E-state index >= 15 is 0 Å². The van der Waals surface area contributed by atoms with Gasteiger partial charge in [-0.25, -0.2) is 13.8 Å². The summed E-state index contributed by atoms with van der Waals surface area (Å²) in [5.74, 6) is -2.05. The zero-order valence-electron chi connectivity index (χ0n) is 12.3. The molecule has 5 nitrogen and oxygen atoms in total. The first-order valence-electron chi connectivity index (χ1n) is 7.49. The number of hydrogen-bond donors (Lipinski definition) is 0. The van der Waals surface area contributed by atoms with Crippen LogP contribution in [0.3, 0.4) is 0 Å². The summed E-state index contributed by atoms with van der Waals surface area (Å²) < 4.78 is 31.9. The highest BCUT2D eigenvalue weighted by Gasteiger charge is 2.38. The fourth-order valence-corrected chi connectivity index (χ4v) is 2.81. The Labute approximate surface area is 127 Å². The highest BCUT2D eigenvalue weighted by atomic mass is 19.3. The van der Waals surface area contributed by atoms with Crippen molar-refractivity contribution in [2.24, 2.45) is 0 Å². The maximum atomic E-state index is 13.2. The van der Waals surface area contributed by atoms with Crippen molar-refractivity contribution in [1.29, 1.82) is 0 Å². The van der Waals surface area contributed by atoms with Crippen LogP contribution in [0.25, 0.3) is 0 Å². The summed E-state index contributed by atoms with van der Waals surface area (Å²) in [4.78, 5) is 20.2. The van der Waals surface area contributed by atoms with Crippen LogP contribution in [0, 0.1) is 0 Å². The summed E-state index contributed by atoms with van der Waals surface area (Å²) in [7, 11) is 0. The maximum Gasteiger partial charge on any atom is 0.253 e. The molecule has 1 aromatic rings. The van der Waals surface area contributed by atoms with Gasteiger partial charge >= 0.3 is 0 Å². The Morgan fingerprint density at radius 2 is 2.05 bits per heavy atom. The SMILES string of the molecule is O=C(C1CN(c2ccccn2)CCO1)N1CCC(F)(F)CC1. The number of carbonyl (C=O) groups is 1. The number of ether oxygens (including phenoxy) is 1. The molecule has 1 aromatic heterocycles. The zero-order valence-corrected chi connectivity index (χ0v) is 12.3. The minimum Gasteiger partial charge on any atom is -0.365 e. The summed E-state index contributed by atoms with van der Waals surface area (Å²) in [6.45, 7) is 1.68. The van der Waals surface area contributed by atoms with E-state index in [9.17, 15) is 13.6 Å². The van der Waals surface area contributed by atoms with Crippen LogP contribution in [0.5, 0.6) is 0 Å². The molecular weight excluding hydrogens is 292 g/mol. The number of alkyl halides is 2. The molecule has 120 valence electrons. The third-order valence-corrected chi connectivity index (χ3v) is 4.12. The quantitative estimate of drug-likeness (QED) is 0.831. The van der Waals surface area contributed by atoms with Crippen molar-refractivity contribution in [1.82, 2.24) is 9.88 Å². The molecule has 2 aliphatic heterocycles. The van der Waals surface area contributed by atoms with Gasteiger partial charge in [-0.2, -0.15) is 0 Å². The number of piperidine rings is 1. The molecule has 0 N–H and O–H groups in total. The molecular formula is C15H19F2N3O2. The normalized spacial score (nSPS) is 25.1. The van der Waals surface area contributed by atoms with E-state index in [-0.39, 0.29) is 31.8 Å². The molecule has 7 heteroatoms. The van der Waals surface area contributed by atoms with E-state index in [4.69, 9.17) is 4.74 Å². The maximum absolute atomic E-state index is 13.2. The summed E-state index contributed by atoms with van der Waals surface area (Å²) in [5, 5.41) is 0. The predicted molar refractivity (Wildman–Crippen MR) is 77.0 cm³/mol. The summed E-state index contributed by atoms with van der Waals surface area (Å²) in [5.41, 5.74) is 0. The summed E-state index contributed by atoms with van der Waals surface area (Å²) >= 11 is 0. The van der Waals surface area contributed by atoms with Crippen molar-refractivity contribution in [3.05, 3.63) is 24.4 Å². The summed E-state index contributed by atoms with van der Waals surface area (Å²) in [6.07, 6.45) is 0.557. The van der Waals surface area contributed by atoms with Crippen LogP contribution >= 0.6 is 0 Å². The van der Waals surface area contributed by atoms with Crippen LogP contribution < -0.4 is 4.90 Å². The second kappa shape index (κ2) is 6.16. The molecule has 1 amide bonds. The first-order chi connectivity index (χ1) is 10.6. The Kier molecular flexibility index (Phi) is 4.24. The van der Waals surface area contributed by atoms with Gasteiger partial charge < -0.3 is 14.5 Å². The van der Waals surface area contributed by atoms with Gasteiger partial charge in [-0.1, -0.05) is 6.07 Å². The van der Waals surface area contributed by atoms with Gasteiger partial charge in [0.1, 0.15) is 5.82 Å². The minimum absolute atomic E-state index is 0.0925. The smallest absolute Gasteiger partial charge is 0.253 e. The van der Waals surface area contributed by atoms with Crippen LogP contribution in [0.15, 0.2) is 24.4 Å². The molecule has 0 spiro atoms. The first kappa shape index (κ1) is 15.1. The van der Waals surface area contributed by atoms with Crippen molar-refractivity contribution < 1.29 is 18.3 Å². The number of hydrogen-bond acceptors (Lipinski definition) is 4.